The van der Waals surface area contributed by atoms with E-state index in [9.17, 15) is 0 Å². The molecule has 2 aromatic rings. The molecule has 0 saturated carbocycles. The van der Waals surface area contributed by atoms with Crippen molar-refractivity contribution in [3.63, 3.8) is 0 Å². The molecule has 0 spiro atoms. The number of hydrogen-bond acceptors (Lipinski definition) is 4. The number of hydrogen-bond donors (Lipinski definition) is 0. The molecule has 4 heteroatoms. The molecule has 0 amide bonds. The molecular formula is C15H22N2OS. The van der Waals surface area contributed by atoms with Gasteiger partial charge in [0.25, 0.3) is 0 Å². The monoisotopic (exact) mass is 278 g/mol. The molecule has 0 aliphatic rings. The summed E-state index contributed by atoms with van der Waals surface area (Å²) in [5.41, 5.74) is 1.17. The molecule has 2 heterocycles. The van der Waals surface area contributed by atoms with E-state index in [-0.39, 0.29) is 0 Å². The lowest BCUT2D eigenvalue weighted by Crippen LogP contribution is -2.20. The third kappa shape index (κ3) is 4.18. The molecule has 0 bridgehead atoms. The first-order chi connectivity index (χ1) is 9.04. The SMILES string of the molecule is Cc1ccc([C@H](C)CCN(C)Cc2csc(C)n2)o1. The Morgan fingerprint density at radius 1 is 1.37 bits per heavy atom. The van der Waals surface area contributed by atoms with E-state index in [1.165, 1.54) is 5.69 Å². The van der Waals surface area contributed by atoms with Crippen molar-refractivity contribution in [2.75, 3.05) is 13.6 Å². The summed E-state index contributed by atoms with van der Waals surface area (Å²) in [6.45, 7) is 8.24. The number of furan rings is 1. The largest absolute Gasteiger partial charge is 0.466 e. The molecule has 104 valence electrons. The van der Waals surface area contributed by atoms with E-state index >= 15 is 0 Å². The van der Waals surface area contributed by atoms with Crippen molar-refractivity contribution in [2.24, 2.45) is 0 Å². The van der Waals surface area contributed by atoms with E-state index < -0.39 is 0 Å². The molecule has 0 saturated heterocycles. The lowest BCUT2D eigenvalue weighted by Gasteiger charge is -2.17. The van der Waals surface area contributed by atoms with Gasteiger partial charge in [-0.05, 0) is 46.0 Å². The smallest absolute Gasteiger partial charge is 0.107 e. The highest BCUT2D eigenvalue weighted by molar-refractivity contribution is 7.09. The van der Waals surface area contributed by atoms with Crippen molar-refractivity contribution in [2.45, 2.75) is 39.7 Å². The lowest BCUT2D eigenvalue weighted by atomic mass is 10.1. The van der Waals surface area contributed by atoms with Crippen LogP contribution in [0.15, 0.2) is 21.9 Å². The molecule has 0 aromatic carbocycles. The third-order valence-electron chi connectivity index (χ3n) is 3.29. The van der Waals surface area contributed by atoms with Crippen molar-refractivity contribution in [3.8, 4) is 0 Å². The summed E-state index contributed by atoms with van der Waals surface area (Å²) >= 11 is 1.72. The molecule has 0 N–H and O–H groups in total. The van der Waals surface area contributed by atoms with Gasteiger partial charge in [-0.1, -0.05) is 6.92 Å². The second-order valence-electron chi connectivity index (χ2n) is 5.23. The first-order valence-corrected chi connectivity index (χ1v) is 7.58. The van der Waals surface area contributed by atoms with Gasteiger partial charge in [0.2, 0.25) is 0 Å². The van der Waals surface area contributed by atoms with Crippen LogP contribution in [0, 0.1) is 13.8 Å². The van der Waals surface area contributed by atoms with Crippen molar-refractivity contribution in [1.82, 2.24) is 9.88 Å². The van der Waals surface area contributed by atoms with Gasteiger partial charge < -0.3 is 9.32 Å². The fourth-order valence-electron chi connectivity index (χ4n) is 2.11. The first-order valence-electron chi connectivity index (χ1n) is 6.70. The second-order valence-corrected chi connectivity index (χ2v) is 6.30. The Kier molecular flexibility index (Phi) is 4.77. The van der Waals surface area contributed by atoms with Crippen LogP contribution in [0.3, 0.4) is 0 Å². The maximum absolute atomic E-state index is 5.67. The van der Waals surface area contributed by atoms with Crippen LogP contribution in [-0.2, 0) is 6.54 Å². The van der Waals surface area contributed by atoms with E-state index in [0.717, 1.165) is 36.0 Å². The van der Waals surface area contributed by atoms with Crippen molar-refractivity contribution in [1.29, 1.82) is 0 Å². The molecule has 19 heavy (non-hydrogen) atoms. The average Bonchev–Trinajstić information content (AvgIpc) is 2.95. The summed E-state index contributed by atoms with van der Waals surface area (Å²) in [7, 11) is 2.15. The molecule has 2 rings (SSSR count). The topological polar surface area (TPSA) is 29.3 Å². The first kappa shape index (κ1) is 14.3. The zero-order chi connectivity index (χ0) is 13.8. The molecule has 2 aromatic heterocycles. The maximum atomic E-state index is 5.67. The fraction of sp³-hybridized carbons (Fsp3) is 0.533. The lowest BCUT2D eigenvalue weighted by molar-refractivity contribution is 0.302. The second kappa shape index (κ2) is 6.35. The third-order valence-corrected chi connectivity index (χ3v) is 4.11. The number of rotatable bonds is 6. The van der Waals surface area contributed by atoms with Crippen LogP contribution in [0.4, 0.5) is 0 Å². The van der Waals surface area contributed by atoms with Gasteiger partial charge in [0.15, 0.2) is 0 Å². The Bertz CT molecular complexity index is 518. The Labute approximate surface area is 119 Å². The summed E-state index contributed by atoms with van der Waals surface area (Å²) < 4.78 is 5.67. The molecule has 0 fully saturated rings. The highest BCUT2D eigenvalue weighted by Crippen LogP contribution is 2.21. The molecule has 1 atom stereocenters. The number of thiazole rings is 1. The minimum absolute atomic E-state index is 0.466. The summed E-state index contributed by atoms with van der Waals surface area (Å²) in [6, 6.07) is 4.12. The molecule has 3 nitrogen and oxygen atoms in total. The van der Waals surface area contributed by atoms with Gasteiger partial charge in [0, 0.05) is 17.8 Å². The molecule has 0 aliphatic heterocycles. The Balaban J connectivity index is 1.78. The van der Waals surface area contributed by atoms with E-state index in [0.29, 0.717) is 5.92 Å². The van der Waals surface area contributed by atoms with Crippen LogP contribution in [0.2, 0.25) is 0 Å². The highest BCUT2D eigenvalue weighted by Gasteiger charge is 2.11. The van der Waals surface area contributed by atoms with Gasteiger partial charge in [-0.3, -0.25) is 0 Å². The van der Waals surface area contributed by atoms with Crippen LogP contribution in [0.1, 0.15) is 41.5 Å². The predicted octanol–water partition coefficient (Wildman–Crippen LogP) is 3.98. The van der Waals surface area contributed by atoms with E-state index in [1.807, 2.05) is 13.0 Å². The van der Waals surface area contributed by atoms with Crippen LogP contribution in [0.5, 0.6) is 0 Å². The zero-order valence-electron chi connectivity index (χ0n) is 12.1. The molecule has 0 radical (unpaired) electrons. The Hall–Kier alpha value is -1.13. The zero-order valence-corrected chi connectivity index (χ0v) is 13.0. The normalized spacial score (nSPS) is 13.1. The Morgan fingerprint density at radius 3 is 2.74 bits per heavy atom. The van der Waals surface area contributed by atoms with Crippen LogP contribution in [0.25, 0.3) is 0 Å². The summed E-state index contributed by atoms with van der Waals surface area (Å²) in [6.07, 6.45) is 1.10. The summed E-state index contributed by atoms with van der Waals surface area (Å²) in [5.74, 6) is 2.55. The van der Waals surface area contributed by atoms with Gasteiger partial charge in [-0.15, -0.1) is 11.3 Å². The highest BCUT2D eigenvalue weighted by atomic mass is 32.1. The molecular weight excluding hydrogens is 256 g/mol. The molecule has 0 aliphatic carbocycles. The minimum atomic E-state index is 0.466. The summed E-state index contributed by atoms with van der Waals surface area (Å²) in [5, 5.41) is 3.29. The number of aromatic nitrogens is 1. The Morgan fingerprint density at radius 2 is 2.16 bits per heavy atom. The quantitative estimate of drug-likeness (QED) is 0.800. The summed E-state index contributed by atoms with van der Waals surface area (Å²) in [4.78, 5) is 6.82. The minimum Gasteiger partial charge on any atom is -0.466 e. The predicted molar refractivity (Wildman–Crippen MR) is 79.7 cm³/mol. The van der Waals surface area contributed by atoms with Crippen molar-refractivity contribution < 1.29 is 4.42 Å². The van der Waals surface area contributed by atoms with Crippen LogP contribution >= 0.6 is 11.3 Å². The van der Waals surface area contributed by atoms with E-state index in [1.54, 1.807) is 11.3 Å². The van der Waals surface area contributed by atoms with E-state index in [2.05, 4.69) is 42.2 Å². The van der Waals surface area contributed by atoms with Crippen LogP contribution in [-0.4, -0.2) is 23.5 Å². The van der Waals surface area contributed by atoms with Gasteiger partial charge in [-0.2, -0.15) is 0 Å². The van der Waals surface area contributed by atoms with Crippen molar-refractivity contribution in [3.05, 3.63) is 39.7 Å². The average molecular weight is 278 g/mol. The van der Waals surface area contributed by atoms with Gasteiger partial charge in [-0.25, -0.2) is 4.98 Å². The fourth-order valence-corrected chi connectivity index (χ4v) is 2.71. The van der Waals surface area contributed by atoms with Gasteiger partial charge >= 0.3 is 0 Å². The van der Waals surface area contributed by atoms with Gasteiger partial charge in [0.1, 0.15) is 11.5 Å². The number of nitrogens with zero attached hydrogens (tertiary/aromatic N) is 2. The standard InChI is InChI=1S/C15H22N2OS/c1-11(15-6-5-12(2)18-15)7-8-17(4)9-14-10-19-13(3)16-14/h5-6,10-11H,7-9H2,1-4H3/t11-/m1/s1. The van der Waals surface area contributed by atoms with Crippen molar-refractivity contribution >= 4 is 11.3 Å². The van der Waals surface area contributed by atoms with E-state index in [4.69, 9.17) is 4.42 Å². The maximum Gasteiger partial charge on any atom is 0.107 e. The van der Waals surface area contributed by atoms with Crippen LogP contribution < -0.4 is 0 Å². The van der Waals surface area contributed by atoms with Gasteiger partial charge in [0.05, 0.1) is 10.7 Å². The molecule has 0 unspecified atom stereocenters. The number of aryl methyl sites for hydroxylation is 2.